The van der Waals surface area contributed by atoms with Gasteiger partial charge >= 0.3 is 5.97 Å². The van der Waals surface area contributed by atoms with Gasteiger partial charge in [0.15, 0.2) is 0 Å². The topological polar surface area (TPSA) is 72.5 Å². The summed E-state index contributed by atoms with van der Waals surface area (Å²) in [5.74, 6) is -0.967. The number of carbonyl (C=O) groups excluding carboxylic acids is 3. The van der Waals surface area contributed by atoms with Gasteiger partial charge in [0.2, 0.25) is 0 Å². The fourth-order valence-electron chi connectivity index (χ4n) is 0.827. The highest BCUT2D eigenvalue weighted by atomic mass is 16.7. The average molecular weight is 215 g/mol. The molecule has 1 N–H and O–H groups in total. The van der Waals surface area contributed by atoms with E-state index in [4.69, 9.17) is 0 Å². The predicted octanol–water partition coefficient (Wildman–Crippen LogP) is 1.12. The van der Waals surface area contributed by atoms with E-state index < -0.39 is 11.9 Å². The Hall–Kier alpha value is -1.39. The van der Waals surface area contributed by atoms with Crippen LogP contribution in [-0.2, 0) is 19.2 Å². The van der Waals surface area contributed by atoms with Crippen molar-refractivity contribution in [1.29, 1.82) is 0 Å². The van der Waals surface area contributed by atoms with Gasteiger partial charge in [0.25, 0.3) is 5.91 Å². The standard InChI is InChI=1S/C10H17NO4/c1-3-4-5-10(14)15-11-9(13)7-6-8(2)12/h3-7H2,1-2H3,(H,11,13). The predicted molar refractivity (Wildman–Crippen MR) is 53.7 cm³/mol. The van der Waals surface area contributed by atoms with Crippen LogP contribution in [0.3, 0.4) is 0 Å². The van der Waals surface area contributed by atoms with E-state index in [1.807, 2.05) is 12.4 Å². The Morgan fingerprint density at radius 2 is 1.80 bits per heavy atom. The molecule has 5 heteroatoms. The molecule has 0 aliphatic heterocycles. The van der Waals surface area contributed by atoms with Crippen molar-refractivity contribution < 1.29 is 19.2 Å². The van der Waals surface area contributed by atoms with Crippen molar-refractivity contribution in [2.75, 3.05) is 0 Å². The first-order chi connectivity index (χ1) is 7.06. The minimum absolute atomic E-state index is 0.0520. The van der Waals surface area contributed by atoms with Gasteiger partial charge < -0.3 is 9.63 Å². The minimum atomic E-state index is -0.451. The number of hydroxylamine groups is 1. The number of amides is 1. The second kappa shape index (κ2) is 7.96. The largest absolute Gasteiger partial charge is 0.341 e. The maximum Gasteiger partial charge on any atom is 0.332 e. The van der Waals surface area contributed by atoms with Gasteiger partial charge in [0, 0.05) is 19.3 Å². The third kappa shape index (κ3) is 8.93. The second-order valence-electron chi connectivity index (χ2n) is 3.30. The molecule has 0 radical (unpaired) electrons. The molecule has 0 aromatic rings. The maximum atomic E-state index is 11.0. The summed E-state index contributed by atoms with van der Waals surface area (Å²) < 4.78 is 0. The number of Topliss-reactive ketones (excluding diaryl/α,β-unsaturated/α-hetero) is 1. The Morgan fingerprint density at radius 1 is 1.13 bits per heavy atom. The second-order valence-corrected chi connectivity index (χ2v) is 3.30. The van der Waals surface area contributed by atoms with Crippen LogP contribution in [0, 0.1) is 0 Å². The molecule has 0 spiro atoms. The number of nitrogens with one attached hydrogen (secondary N) is 1. The van der Waals surface area contributed by atoms with Crippen LogP contribution in [-0.4, -0.2) is 17.7 Å². The summed E-state index contributed by atoms with van der Waals surface area (Å²) in [7, 11) is 0. The normalized spacial score (nSPS) is 9.47. The summed E-state index contributed by atoms with van der Waals surface area (Å²) >= 11 is 0. The molecule has 0 unspecified atom stereocenters. The van der Waals surface area contributed by atoms with Gasteiger partial charge in [0.1, 0.15) is 5.78 Å². The monoisotopic (exact) mass is 215 g/mol. The summed E-state index contributed by atoms with van der Waals surface area (Å²) in [6.07, 6.45) is 2.15. The number of hydrogen-bond acceptors (Lipinski definition) is 4. The maximum absolute atomic E-state index is 11.0. The van der Waals surface area contributed by atoms with Crippen LogP contribution in [0.1, 0.15) is 46.0 Å². The Balaban J connectivity index is 3.53. The smallest absolute Gasteiger partial charge is 0.332 e. The van der Waals surface area contributed by atoms with Crippen LogP contribution >= 0.6 is 0 Å². The van der Waals surface area contributed by atoms with Gasteiger partial charge in [-0.05, 0) is 13.3 Å². The SMILES string of the molecule is CCCCC(=O)ONC(=O)CCC(C)=O. The molecule has 0 bridgehead atoms. The van der Waals surface area contributed by atoms with E-state index in [1.165, 1.54) is 6.92 Å². The first-order valence-corrected chi connectivity index (χ1v) is 5.04. The highest BCUT2D eigenvalue weighted by molar-refractivity contribution is 5.83. The molecular formula is C10H17NO4. The number of ketones is 1. The van der Waals surface area contributed by atoms with Crippen molar-refractivity contribution in [2.24, 2.45) is 0 Å². The van der Waals surface area contributed by atoms with Gasteiger partial charge in [-0.1, -0.05) is 13.3 Å². The zero-order valence-corrected chi connectivity index (χ0v) is 9.17. The quantitative estimate of drug-likeness (QED) is 0.674. The molecule has 15 heavy (non-hydrogen) atoms. The van der Waals surface area contributed by atoms with E-state index >= 15 is 0 Å². The molecule has 0 saturated carbocycles. The molecule has 0 aliphatic carbocycles. The number of carbonyl (C=O) groups is 3. The lowest BCUT2D eigenvalue weighted by Gasteiger charge is -2.04. The summed E-state index contributed by atoms with van der Waals surface area (Å²) in [6, 6.07) is 0. The van der Waals surface area contributed by atoms with Crippen molar-refractivity contribution >= 4 is 17.7 Å². The van der Waals surface area contributed by atoms with Crippen LogP contribution in [0.25, 0.3) is 0 Å². The third-order valence-corrected chi connectivity index (χ3v) is 1.72. The van der Waals surface area contributed by atoms with Crippen LogP contribution in [0.4, 0.5) is 0 Å². The summed E-state index contributed by atoms with van der Waals surface area (Å²) in [6.45, 7) is 3.36. The number of hydrogen-bond donors (Lipinski definition) is 1. The molecule has 0 fully saturated rings. The van der Waals surface area contributed by atoms with Crippen molar-refractivity contribution in [3.8, 4) is 0 Å². The van der Waals surface area contributed by atoms with E-state index in [0.717, 1.165) is 12.8 Å². The van der Waals surface area contributed by atoms with E-state index in [1.54, 1.807) is 0 Å². The Bertz CT molecular complexity index is 238. The van der Waals surface area contributed by atoms with E-state index in [0.29, 0.717) is 6.42 Å². The third-order valence-electron chi connectivity index (χ3n) is 1.72. The fourth-order valence-corrected chi connectivity index (χ4v) is 0.827. The Kier molecular flexibility index (Phi) is 7.23. The van der Waals surface area contributed by atoms with E-state index in [9.17, 15) is 14.4 Å². The molecule has 1 amide bonds. The Morgan fingerprint density at radius 3 is 2.33 bits per heavy atom. The van der Waals surface area contributed by atoms with Crippen LogP contribution in [0.5, 0.6) is 0 Å². The van der Waals surface area contributed by atoms with Crippen molar-refractivity contribution in [3.63, 3.8) is 0 Å². The Labute approximate surface area is 89.1 Å². The fraction of sp³-hybridized carbons (Fsp3) is 0.700. The lowest BCUT2D eigenvalue weighted by molar-refractivity contribution is -0.158. The van der Waals surface area contributed by atoms with E-state index in [2.05, 4.69) is 4.84 Å². The van der Waals surface area contributed by atoms with Crippen LogP contribution in [0.2, 0.25) is 0 Å². The molecule has 0 saturated heterocycles. The lowest BCUT2D eigenvalue weighted by Crippen LogP contribution is -2.27. The van der Waals surface area contributed by atoms with Gasteiger partial charge in [-0.25, -0.2) is 4.79 Å². The van der Waals surface area contributed by atoms with Gasteiger partial charge in [-0.3, -0.25) is 4.79 Å². The molecule has 5 nitrogen and oxygen atoms in total. The van der Waals surface area contributed by atoms with Crippen molar-refractivity contribution in [3.05, 3.63) is 0 Å². The van der Waals surface area contributed by atoms with Crippen molar-refractivity contribution in [2.45, 2.75) is 46.0 Å². The average Bonchev–Trinajstić information content (AvgIpc) is 2.20. The molecule has 0 aliphatic rings. The van der Waals surface area contributed by atoms with Gasteiger partial charge in [0.05, 0.1) is 0 Å². The van der Waals surface area contributed by atoms with Crippen LogP contribution < -0.4 is 5.48 Å². The number of rotatable bonds is 6. The molecule has 0 aromatic heterocycles. The summed E-state index contributed by atoms with van der Waals surface area (Å²) in [4.78, 5) is 37.0. The highest BCUT2D eigenvalue weighted by Crippen LogP contribution is 1.95. The molecular weight excluding hydrogens is 198 g/mol. The highest BCUT2D eigenvalue weighted by Gasteiger charge is 2.07. The number of unbranched alkanes of at least 4 members (excludes halogenated alkanes) is 1. The minimum Gasteiger partial charge on any atom is -0.341 e. The summed E-state index contributed by atoms with van der Waals surface area (Å²) in [5.41, 5.74) is 2.01. The first kappa shape index (κ1) is 13.6. The first-order valence-electron chi connectivity index (χ1n) is 5.04. The molecule has 86 valence electrons. The van der Waals surface area contributed by atoms with Crippen molar-refractivity contribution in [1.82, 2.24) is 5.48 Å². The summed E-state index contributed by atoms with van der Waals surface area (Å²) in [5, 5.41) is 0. The van der Waals surface area contributed by atoms with Gasteiger partial charge in [-0.15, -0.1) is 0 Å². The molecule has 0 aromatic carbocycles. The molecule has 0 atom stereocenters. The zero-order chi connectivity index (χ0) is 11.7. The van der Waals surface area contributed by atoms with Crippen LogP contribution in [0.15, 0.2) is 0 Å². The van der Waals surface area contributed by atoms with E-state index in [-0.39, 0.29) is 18.6 Å². The van der Waals surface area contributed by atoms with Gasteiger partial charge in [-0.2, -0.15) is 5.48 Å². The molecule has 0 heterocycles. The lowest BCUT2D eigenvalue weighted by atomic mass is 10.2. The zero-order valence-electron chi connectivity index (χ0n) is 9.17. The molecule has 0 rings (SSSR count).